The van der Waals surface area contributed by atoms with Crippen LogP contribution in [0.3, 0.4) is 0 Å². The maximum atomic E-state index is 11.0. The lowest BCUT2D eigenvalue weighted by molar-refractivity contribution is -0.123. The molecule has 0 radical (unpaired) electrons. The topological polar surface area (TPSA) is 46.3 Å². The third-order valence-electron chi connectivity index (χ3n) is 3.07. The third-order valence-corrected chi connectivity index (χ3v) is 3.07. The molecule has 1 heterocycles. The van der Waals surface area contributed by atoms with Gasteiger partial charge in [-0.1, -0.05) is 6.92 Å². The maximum absolute atomic E-state index is 11.0. The molecule has 1 rings (SSSR count). The standard InChI is InChI=1S/C10H20N2O/c1-3-8(2)12-6-4-5-9(7-12)10(11)13/h8-9H,3-7H2,1-2H3,(H2,11,13). The number of nitrogens with zero attached hydrogens (tertiary/aromatic N) is 1. The summed E-state index contributed by atoms with van der Waals surface area (Å²) < 4.78 is 0. The van der Waals surface area contributed by atoms with Gasteiger partial charge in [0, 0.05) is 12.6 Å². The number of hydrogen-bond donors (Lipinski definition) is 1. The molecule has 1 saturated heterocycles. The van der Waals surface area contributed by atoms with E-state index < -0.39 is 0 Å². The van der Waals surface area contributed by atoms with Crippen LogP contribution < -0.4 is 5.73 Å². The maximum Gasteiger partial charge on any atom is 0.221 e. The Kier molecular flexibility index (Phi) is 3.72. The average molecular weight is 184 g/mol. The Balaban J connectivity index is 2.46. The van der Waals surface area contributed by atoms with Crippen LogP contribution in [-0.2, 0) is 4.79 Å². The molecule has 13 heavy (non-hydrogen) atoms. The number of nitrogens with two attached hydrogens (primary N) is 1. The van der Waals surface area contributed by atoms with E-state index >= 15 is 0 Å². The van der Waals surface area contributed by atoms with Gasteiger partial charge in [-0.05, 0) is 32.7 Å². The molecule has 2 atom stereocenters. The normalized spacial score (nSPS) is 27.1. The zero-order chi connectivity index (χ0) is 9.84. The van der Waals surface area contributed by atoms with Gasteiger partial charge in [0.2, 0.25) is 5.91 Å². The van der Waals surface area contributed by atoms with E-state index in [0.29, 0.717) is 6.04 Å². The second-order valence-electron chi connectivity index (χ2n) is 3.99. The van der Waals surface area contributed by atoms with Crippen molar-refractivity contribution in [3.8, 4) is 0 Å². The molecule has 1 fully saturated rings. The van der Waals surface area contributed by atoms with Crippen LogP contribution in [0.1, 0.15) is 33.1 Å². The van der Waals surface area contributed by atoms with Crippen LogP contribution in [0.25, 0.3) is 0 Å². The largest absolute Gasteiger partial charge is 0.369 e. The number of carbonyl (C=O) groups excluding carboxylic acids is 1. The molecule has 0 spiro atoms. The van der Waals surface area contributed by atoms with Crippen LogP contribution in [0.4, 0.5) is 0 Å². The van der Waals surface area contributed by atoms with Gasteiger partial charge in [0.05, 0.1) is 5.92 Å². The van der Waals surface area contributed by atoms with Gasteiger partial charge in [0.15, 0.2) is 0 Å². The summed E-state index contributed by atoms with van der Waals surface area (Å²) in [6, 6.07) is 0.585. The van der Waals surface area contributed by atoms with Crippen LogP contribution in [0.5, 0.6) is 0 Å². The highest BCUT2D eigenvalue weighted by molar-refractivity contribution is 5.76. The summed E-state index contributed by atoms with van der Waals surface area (Å²) in [5.74, 6) is -0.0456. The van der Waals surface area contributed by atoms with E-state index in [1.165, 1.54) is 0 Å². The molecular weight excluding hydrogens is 164 g/mol. The van der Waals surface area contributed by atoms with Crippen LogP contribution in [0, 0.1) is 5.92 Å². The van der Waals surface area contributed by atoms with Gasteiger partial charge in [-0.25, -0.2) is 0 Å². The quantitative estimate of drug-likeness (QED) is 0.710. The van der Waals surface area contributed by atoms with Crippen molar-refractivity contribution in [3.63, 3.8) is 0 Å². The predicted octanol–water partition coefficient (Wildman–Crippen LogP) is 0.982. The number of piperidine rings is 1. The fourth-order valence-electron chi connectivity index (χ4n) is 1.90. The molecule has 0 aromatic rings. The number of rotatable bonds is 3. The Bertz CT molecular complexity index is 182. The number of amides is 1. The highest BCUT2D eigenvalue weighted by atomic mass is 16.1. The van der Waals surface area contributed by atoms with Crippen LogP contribution in [0.15, 0.2) is 0 Å². The third kappa shape index (κ3) is 2.69. The van der Waals surface area contributed by atoms with Gasteiger partial charge in [-0.2, -0.15) is 0 Å². The summed E-state index contributed by atoms with van der Waals surface area (Å²) in [6.07, 6.45) is 3.23. The zero-order valence-electron chi connectivity index (χ0n) is 8.62. The van der Waals surface area contributed by atoms with Crippen molar-refractivity contribution in [2.75, 3.05) is 13.1 Å². The summed E-state index contributed by atoms with van der Waals surface area (Å²) in [6.45, 7) is 6.38. The zero-order valence-corrected chi connectivity index (χ0v) is 8.62. The van der Waals surface area contributed by atoms with Crippen molar-refractivity contribution in [1.29, 1.82) is 0 Å². The minimum Gasteiger partial charge on any atom is -0.369 e. The first kappa shape index (κ1) is 10.5. The first-order valence-electron chi connectivity index (χ1n) is 5.18. The fraction of sp³-hybridized carbons (Fsp3) is 0.900. The van der Waals surface area contributed by atoms with Crippen molar-refractivity contribution in [3.05, 3.63) is 0 Å². The first-order valence-corrected chi connectivity index (χ1v) is 5.18. The molecule has 0 aliphatic carbocycles. The van der Waals surface area contributed by atoms with E-state index in [4.69, 9.17) is 5.73 Å². The van der Waals surface area contributed by atoms with E-state index in [1.807, 2.05) is 0 Å². The van der Waals surface area contributed by atoms with Gasteiger partial charge < -0.3 is 5.73 Å². The van der Waals surface area contributed by atoms with Crippen LogP contribution in [-0.4, -0.2) is 29.9 Å². The monoisotopic (exact) mass is 184 g/mol. The molecule has 1 amide bonds. The minimum atomic E-state index is -0.131. The molecule has 1 aliphatic heterocycles. The van der Waals surface area contributed by atoms with E-state index in [-0.39, 0.29) is 11.8 Å². The lowest BCUT2D eigenvalue weighted by Gasteiger charge is -2.35. The molecule has 0 aromatic heterocycles. The van der Waals surface area contributed by atoms with Gasteiger partial charge >= 0.3 is 0 Å². The fourth-order valence-corrected chi connectivity index (χ4v) is 1.90. The van der Waals surface area contributed by atoms with Crippen LogP contribution >= 0.6 is 0 Å². The molecule has 76 valence electrons. The van der Waals surface area contributed by atoms with Crippen molar-refractivity contribution in [2.24, 2.45) is 11.7 Å². The summed E-state index contributed by atoms with van der Waals surface area (Å²) in [5, 5.41) is 0. The summed E-state index contributed by atoms with van der Waals surface area (Å²) in [5.41, 5.74) is 5.31. The summed E-state index contributed by atoms with van der Waals surface area (Å²) in [7, 11) is 0. The Morgan fingerprint density at radius 1 is 1.69 bits per heavy atom. The highest BCUT2D eigenvalue weighted by Crippen LogP contribution is 2.18. The lowest BCUT2D eigenvalue weighted by Crippen LogP contribution is -2.44. The van der Waals surface area contributed by atoms with Gasteiger partial charge in [0.25, 0.3) is 0 Å². The van der Waals surface area contributed by atoms with Crippen LogP contribution in [0.2, 0.25) is 0 Å². The minimum absolute atomic E-state index is 0.0859. The number of primary amides is 1. The van der Waals surface area contributed by atoms with E-state index in [9.17, 15) is 4.79 Å². The Morgan fingerprint density at radius 3 is 2.92 bits per heavy atom. The summed E-state index contributed by atoms with van der Waals surface area (Å²) >= 11 is 0. The van der Waals surface area contributed by atoms with E-state index in [0.717, 1.165) is 32.4 Å². The summed E-state index contributed by atoms with van der Waals surface area (Å²) in [4.78, 5) is 13.4. The van der Waals surface area contributed by atoms with Gasteiger partial charge in [-0.15, -0.1) is 0 Å². The molecule has 1 aliphatic rings. The lowest BCUT2D eigenvalue weighted by atomic mass is 9.96. The number of likely N-dealkylation sites (tertiary alicyclic amines) is 1. The Morgan fingerprint density at radius 2 is 2.38 bits per heavy atom. The second kappa shape index (κ2) is 4.61. The molecule has 2 N–H and O–H groups in total. The van der Waals surface area contributed by atoms with Crippen molar-refractivity contribution >= 4 is 5.91 Å². The predicted molar refractivity (Wildman–Crippen MR) is 53.2 cm³/mol. The van der Waals surface area contributed by atoms with Crippen molar-refractivity contribution in [2.45, 2.75) is 39.2 Å². The van der Waals surface area contributed by atoms with E-state index in [2.05, 4.69) is 18.7 Å². The van der Waals surface area contributed by atoms with Crippen molar-refractivity contribution in [1.82, 2.24) is 4.90 Å². The molecule has 2 unspecified atom stereocenters. The number of carbonyl (C=O) groups is 1. The van der Waals surface area contributed by atoms with Gasteiger partial charge in [-0.3, -0.25) is 9.69 Å². The van der Waals surface area contributed by atoms with E-state index in [1.54, 1.807) is 0 Å². The first-order chi connectivity index (χ1) is 6.15. The SMILES string of the molecule is CCC(C)N1CCCC(C(N)=O)C1. The smallest absolute Gasteiger partial charge is 0.221 e. The highest BCUT2D eigenvalue weighted by Gasteiger charge is 2.25. The molecule has 0 aromatic carbocycles. The average Bonchev–Trinajstić information content (AvgIpc) is 2.17. The molecule has 3 heteroatoms. The molecule has 0 bridgehead atoms. The molecular formula is C10H20N2O. The molecule has 3 nitrogen and oxygen atoms in total. The Hall–Kier alpha value is -0.570. The second-order valence-corrected chi connectivity index (χ2v) is 3.99. The Labute approximate surface area is 80.3 Å². The number of hydrogen-bond acceptors (Lipinski definition) is 2. The van der Waals surface area contributed by atoms with Crippen molar-refractivity contribution < 1.29 is 4.79 Å². The molecule has 0 saturated carbocycles. The van der Waals surface area contributed by atoms with Gasteiger partial charge in [0.1, 0.15) is 0 Å².